The van der Waals surface area contributed by atoms with Gasteiger partial charge in [0.15, 0.2) is 0 Å². The number of carbonyl (C=O) groups is 1. The van der Waals surface area contributed by atoms with Crippen LogP contribution in [0.5, 0.6) is 5.75 Å². The molecule has 138 valence electrons. The molecule has 0 unspecified atom stereocenters. The molecule has 6 nitrogen and oxygen atoms in total. The summed E-state index contributed by atoms with van der Waals surface area (Å²) >= 11 is 5.88. The third kappa shape index (κ3) is 3.94. The first-order valence-electron chi connectivity index (χ1n) is 8.17. The highest BCUT2D eigenvalue weighted by Crippen LogP contribution is 2.34. The smallest absolute Gasteiger partial charge is 0.261 e. The molecule has 2 aromatic carbocycles. The van der Waals surface area contributed by atoms with Crippen molar-refractivity contribution in [2.45, 2.75) is 24.2 Å². The van der Waals surface area contributed by atoms with Gasteiger partial charge in [0.1, 0.15) is 5.75 Å². The number of ether oxygens (including phenoxy) is 1. The number of hydrogen-bond donors (Lipinski definition) is 1. The molecule has 1 aliphatic heterocycles. The second-order valence-corrected chi connectivity index (χ2v) is 8.07. The van der Waals surface area contributed by atoms with Crippen LogP contribution in [0.15, 0.2) is 47.4 Å². The van der Waals surface area contributed by atoms with E-state index < -0.39 is 10.0 Å². The van der Waals surface area contributed by atoms with Gasteiger partial charge in [-0.15, -0.1) is 0 Å². The Balaban J connectivity index is 1.94. The highest BCUT2D eigenvalue weighted by molar-refractivity contribution is 7.92. The maximum atomic E-state index is 12.6. The van der Waals surface area contributed by atoms with Crippen molar-refractivity contribution >= 4 is 38.9 Å². The standard InChI is InChI=1S/C18H19ClN2O4S/c1-25-17-9-8-14(12-16(17)21-10-3-2-7-18(21)22)20-26(23,24)15-6-4-5-13(19)11-15/h4-6,8-9,11-12,20H,2-3,7,10H2,1H3. The van der Waals surface area contributed by atoms with E-state index >= 15 is 0 Å². The molecule has 1 aliphatic rings. The van der Waals surface area contributed by atoms with Gasteiger partial charge in [0.25, 0.3) is 10.0 Å². The predicted octanol–water partition coefficient (Wildman–Crippen LogP) is 3.67. The van der Waals surface area contributed by atoms with E-state index in [4.69, 9.17) is 16.3 Å². The van der Waals surface area contributed by atoms with Gasteiger partial charge in [-0.3, -0.25) is 9.52 Å². The number of benzene rings is 2. The number of hydrogen-bond acceptors (Lipinski definition) is 4. The average Bonchev–Trinajstić information content (AvgIpc) is 2.62. The number of nitrogens with zero attached hydrogens (tertiary/aromatic N) is 1. The van der Waals surface area contributed by atoms with Gasteiger partial charge in [-0.2, -0.15) is 0 Å². The van der Waals surface area contributed by atoms with Gasteiger partial charge in [-0.25, -0.2) is 8.42 Å². The lowest BCUT2D eigenvalue weighted by Crippen LogP contribution is -2.35. The maximum absolute atomic E-state index is 12.6. The molecule has 0 aliphatic carbocycles. The molecule has 1 fully saturated rings. The normalized spacial score (nSPS) is 15.0. The molecule has 0 radical (unpaired) electrons. The summed E-state index contributed by atoms with van der Waals surface area (Å²) in [6.07, 6.45) is 2.23. The van der Waals surface area contributed by atoms with Gasteiger partial charge in [-0.1, -0.05) is 17.7 Å². The fourth-order valence-electron chi connectivity index (χ4n) is 2.87. The Morgan fingerprint density at radius 2 is 1.96 bits per heavy atom. The quantitative estimate of drug-likeness (QED) is 0.839. The van der Waals surface area contributed by atoms with Gasteiger partial charge in [0.05, 0.1) is 23.4 Å². The van der Waals surface area contributed by atoms with Crippen LogP contribution in [0.1, 0.15) is 19.3 Å². The Morgan fingerprint density at radius 1 is 1.15 bits per heavy atom. The Hall–Kier alpha value is -2.25. The van der Waals surface area contributed by atoms with Crippen LogP contribution in [-0.4, -0.2) is 28.0 Å². The van der Waals surface area contributed by atoms with E-state index in [-0.39, 0.29) is 10.8 Å². The van der Waals surface area contributed by atoms with E-state index in [2.05, 4.69) is 4.72 Å². The molecule has 2 aromatic rings. The van der Waals surface area contributed by atoms with Gasteiger partial charge in [0.2, 0.25) is 5.91 Å². The second-order valence-electron chi connectivity index (χ2n) is 5.95. The fourth-order valence-corrected chi connectivity index (χ4v) is 4.22. The van der Waals surface area contributed by atoms with E-state index in [0.717, 1.165) is 12.8 Å². The van der Waals surface area contributed by atoms with E-state index in [9.17, 15) is 13.2 Å². The monoisotopic (exact) mass is 394 g/mol. The number of amides is 1. The summed E-state index contributed by atoms with van der Waals surface area (Å²) < 4.78 is 33.0. The minimum absolute atomic E-state index is 0.00407. The first kappa shape index (κ1) is 18.5. The molecule has 0 bridgehead atoms. The summed E-state index contributed by atoms with van der Waals surface area (Å²) in [5.41, 5.74) is 0.905. The molecular formula is C18H19ClN2O4S. The van der Waals surface area contributed by atoms with E-state index in [0.29, 0.717) is 35.1 Å². The van der Waals surface area contributed by atoms with Gasteiger partial charge in [0, 0.05) is 18.0 Å². The molecule has 1 heterocycles. The Bertz CT molecular complexity index is 931. The van der Waals surface area contributed by atoms with Gasteiger partial charge >= 0.3 is 0 Å². The number of nitrogens with one attached hydrogen (secondary N) is 1. The average molecular weight is 395 g/mol. The highest BCUT2D eigenvalue weighted by atomic mass is 35.5. The van der Waals surface area contributed by atoms with Crippen LogP contribution in [0.4, 0.5) is 11.4 Å². The summed E-state index contributed by atoms with van der Waals surface area (Å²) in [7, 11) is -2.28. The summed E-state index contributed by atoms with van der Waals surface area (Å²) in [6.45, 7) is 0.583. The number of halogens is 1. The first-order chi connectivity index (χ1) is 12.4. The molecule has 8 heteroatoms. The van der Waals surface area contributed by atoms with Gasteiger partial charge < -0.3 is 9.64 Å². The van der Waals surface area contributed by atoms with Crippen LogP contribution in [0, 0.1) is 0 Å². The summed E-state index contributed by atoms with van der Waals surface area (Å²) in [4.78, 5) is 13.9. The molecule has 0 atom stereocenters. The summed E-state index contributed by atoms with van der Waals surface area (Å²) in [6, 6.07) is 10.9. The van der Waals surface area contributed by atoms with Crippen molar-refractivity contribution in [2.75, 3.05) is 23.3 Å². The van der Waals surface area contributed by atoms with Crippen molar-refractivity contribution in [1.29, 1.82) is 0 Å². The molecular weight excluding hydrogens is 376 g/mol. The second kappa shape index (κ2) is 7.55. The number of methoxy groups -OCH3 is 1. The van der Waals surface area contributed by atoms with Crippen LogP contribution >= 0.6 is 11.6 Å². The number of anilines is 2. The largest absolute Gasteiger partial charge is 0.495 e. The Kier molecular flexibility index (Phi) is 5.38. The van der Waals surface area contributed by atoms with E-state index in [1.165, 1.54) is 19.2 Å². The lowest BCUT2D eigenvalue weighted by molar-refractivity contribution is -0.119. The van der Waals surface area contributed by atoms with Crippen molar-refractivity contribution in [3.8, 4) is 5.75 Å². The molecule has 1 saturated heterocycles. The highest BCUT2D eigenvalue weighted by Gasteiger charge is 2.24. The van der Waals surface area contributed by atoms with Crippen LogP contribution in [-0.2, 0) is 14.8 Å². The van der Waals surface area contributed by atoms with Crippen LogP contribution in [0.2, 0.25) is 5.02 Å². The fraction of sp³-hybridized carbons (Fsp3) is 0.278. The van der Waals surface area contributed by atoms with Crippen molar-refractivity contribution < 1.29 is 17.9 Å². The lowest BCUT2D eigenvalue weighted by Gasteiger charge is -2.28. The number of carbonyl (C=O) groups excluding carboxylic acids is 1. The van der Waals surface area contributed by atoms with Crippen molar-refractivity contribution in [1.82, 2.24) is 0 Å². The molecule has 0 saturated carbocycles. The van der Waals surface area contributed by atoms with Crippen molar-refractivity contribution in [2.24, 2.45) is 0 Å². The third-order valence-electron chi connectivity index (χ3n) is 4.15. The van der Waals surface area contributed by atoms with Crippen molar-refractivity contribution in [3.05, 3.63) is 47.5 Å². The predicted molar refractivity (Wildman–Crippen MR) is 101 cm³/mol. The number of rotatable bonds is 5. The lowest BCUT2D eigenvalue weighted by atomic mass is 10.1. The van der Waals surface area contributed by atoms with Crippen LogP contribution < -0.4 is 14.4 Å². The number of sulfonamides is 1. The molecule has 1 N–H and O–H groups in total. The first-order valence-corrected chi connectivity index (χ1v) is 10.0. The molecule has 0 aromatic heterocycles. The molecule has 0 spiro atoms. The molecule has 26 heavy (non-hydrogen) atoms. The van der Waals surface area contributed by atoms with Crippen LogP contribution in [0.25, 0.3) is 0 Å². The zero-order chi connectivity index (χ0) is 18.7. The third-order valence-corrected chi connectivity index (χ3v) is 5.77. The van der Waals surface area contributed by atoms with E-state index in [1.807, 2.05) is 0 Å². The number of piperidine rings is 1. The minimum Gasteiger partial charge on any atom is -0.495 e. The Morgan fingerprint density at radius 3 is 2.65 bits per heavy atom. The topological polar surface area (TPSA) is 75.7 Å². The van der Waals surface area contributed by atoms with Gasteiger partial charge in [-0.05, 0) is 49.2 Å². The Labute approximate surface area is 157 Å². The van der Waals surface area contributed by atoms with E-state index in [1.54, 1.807) is 35.2 Å². The SMILES string of the molecule is COc1ccc(NS(=O)(=O)c2cccc(Cl)c2)cc1N1CCCCC1=O. The summed E-state index contributed by atoms with van der Waals surface area (Å²) in [5, 5.41) is 0.335. The van der Waals surface area contributed by atoms with Crippen LogP contribution in [0.3, 0.4) is 0 Å². The van der Waals surface area contributed by atoms with Crippen molar-refractivity contribution in [3.63, 3.8) is 0 Å². The summed E-state index contributed by atoms with van der Waals surface area (Å²) in [5.74, 6) is 0.523. The zero-order valence-electron chi connectivity index (χ0n) is 14.2. The zero-order valence-corrected chi connectivity index (χ0v) is 15.8. The molecule has 3 rings (SSSR count). The minimum atomic E-state index is -3.80. The molecule has 1 amide bonds. The maximum Gasteiger partial charge on any atom is 0.261 e.